The number of benzene rings is 2. The molecule has 21 heavy (non-hydrogen) atoms. The molecule has 2 nitrogen and oxygen atoms in total. The lowest BCUT2D eigenvalue weighted by Crippen LogP contribution is -2.08. The molecule has 2 aromatic rings. The van der Waals surface area contributed by atoms with E-state index < -0.39 is 17.5 Å². The number of alkyl halides is 3. The molecule has 0 spiro atoms. The summed E-state index contributed by atoms with van der Waals surface area (Å²) in [6, 6.07) is 9.55. The van der Waals surface area contributed by atoms with Crippen molar-refractivity contribution in [1.29, 1.82) is 0 Å². The Morgan fingerprint density at radius 3 is 2.43 bits per heavy atom. The Labute approximate surface area is 119 Å². The van der Waals surface area contributed by atoms with Gasteiger partial charge in [0.15, 0.2) is 5.78 Å². The number of rotatable bonds is 2. The largest absolute Gasteiger partial charge is 0.416 e. The van der Waals surface area contributed by atoms with Gasteiger partial charge in [0.2, 0.25) is 0 Å². The van der Waals surface area contributed by atoms with Gasteiger partial charge in [-0.1, -0.05) is 24.3 Å². The number of carbonyl (C=O) groups excluding carboxylic acids is 1. The van der Waals surface area contributed by atoms with E-state index >= 15 is 0 Å². The van der Waals surface area contributed by atoms with Gasteiger partial charge in [-0.05, 0) is 29.3 Å². The summed E-state index contributed by atoms with van der Waals surface area (Å²) >= 11 is 0. The van der Waals surface area contributed by atoms with Gasteiger partial charge in [0, 0.05) is 11.1 Å². The molecule has 0 radical (unpaired) electrons. The van der Waals surface area contributed by atoms with Crippen LogP contribution >= 0.6 is 0 Å². The normalized spacial score (nSPS) is 14.0. The van der Waals surface area contributed by atoms with Crippen LogP contribution in [0.2, 0.25) is 0 Å². The van der Waals surface area contributed by atoms with Crippen molar-refractivity contribution in [2.75, 3.05) is 0 Å². The molecule has 0 N–H and O–H groups in total. The van der Waals surface area contributed by atoms with Crippen LogP contribution in [0, 0.1) is 0 Å². The first kappa shape index (κ1) is 13.8. The summed E-state index contributed by atoms with van der Waals surface area (Å²) in [5.74, 6) is -0.421. The first-order valence-corrected chi connectivity index (χ1v) is 6.36. The van der Waals surface area contributed by atoms with Crippen molar-refractivity contribution in [3.05, 3.63) is 70.3 Å². The molecule has 2 aromatic carbocycles. The second-order valence-electron chi connectivity index (χ2n) is 4.88. The van der Waals surface area contributed by atoms with Crippen LogP contribution < -0.4 is 0 Å². The molecule has 0 saturated heterocycles. The van der Waals surface area contributed by atoms with Gasteiger partial charge in [0.05, 0.1) is 18.8 Å². The van der Waals surface area contributed by atoms with E-state index in [-0.39, 0.29) is 5.56 Å². The van der Waals surface area contributed by atoms with E-state index in [1.807, 2.05) is 0 Å². The quantitative estimate of drug-likeness (QED) is 0.783. The molecule has 5 heteroatoms. The Morgan fingerprint density at radius 2 is 1.67 bits per heavy atom. The molecule has 1 aliphatic heterocycles. The summed E-state index contributed by atoms with van der Waals surface area (Å²) in [5, 5.41) is 0. The Hall–Kier alpha value is -2.14. The van der Waals surface area contributed by atoms with Gasteiger partial charge in [-0.2, -0.15) is 13.2 Å². The zero-order valence-corrected chi connectivity index (χ0v) is 10.9. The van der Waals surface area contributed by atoms with Crippen LogP contribution in [0.3, 0.4) is 0 Å². The maximum atomic E-state index is 12.7. The van der Waals surface area contributed by atoms with Gasteiger partial charge in [-0.15, -0.1) is 0 Å². The molecule has 1 heterocycles. The second kappa shape index (κ2) is 5.00. The summed E-state index contributed by atoms with van der Waals surface area (Å²) in [6.45, 7) is 0.937. The summed E-state index contributed by atoms with van der Waals surface area (Å²) in [5.41, 5.74) is 1.50. The SMILES string of the molecule is O=C(c1cccc(C(F)(F)F)c1)c1ccc2c(c1)COC2. The molecular formula is C16H11F3O2. The Kier molecular flexibility index (Phi) is 3.29. The standard InChI is InChI=1S/C16H11F3O2/c17-16(18,19)14-3-1-2-10(7-14)15(20)11-4-5-12-8-21-9-13(12)6-11/h1-7H,8-9H2. The lowest BCUT2D eigenvalue weighted by Gasteiger charge is -2.08. The van der Waals surface area contributed by atoms with Crippen LogP contribution in [-0.2, 0) is 24.1 Å². The Balaban J connectivity index is 1.95. The van der Waals surface area contributed by atoms with Crippen LogP contribution in [0.4, 0.5) is 13.2 Å². The molecule has 0 saturated carbocycles. The van der Waals surface area contributed by atoms with Crippen molar-refractivity contribution in [2.45, 2.75) is 19.4 Å². The van der Waals surface area contributed by atoms with E-state index in [4.69, 9.17) is 4.74 Å². The van der Waals surface area contributed by atoms with Crippen molar-refractivity contribution in [3.8, 4) is 0 Å². The van der Waals surface area contributed by atoms with E-state index in [0.29, 0.717) is 18.8 Å². The molecule has 1 aliphatic rings. The molecule has 3 rings (SSSR count). The molecule has 0 fully saturated rings. The highest BCUT2D eigenvalue weighted by molar-refractivity contribution is 6.09. The third-order valence-corrected chi connectivity index (χ3v) is 3.44. The molecule has 0 bridgehead atoms. The van der Waals surface area contributed by atoms with E-state index in [0.717, 1.165) is 23.3 Å². The third kappa shape index (κ3) is 2.69. The highest BCUT2D eigenvalue weighted by Gasteiger charge is 2.31. The molecule has 108 valence electrons. The fraction of sp³-hybridized carbons (Fsp3) is 0.188. The monoisotopic (exact) mass is 292 g/mol. The van der Waals surface area contributed by atoms with Gasteiger partial charge < -0.3 is 4.74 Å². The van der Waals surface area contributed by atoms with Crippen LogP contribution in [0.1, 0.15) is 32.6 Å². The highest BCUT2D eigenvalue weighted by atomic mass is 19.4. The maximum absolute atomic E-state index is 12.7. The first-order chi connectivity index (χ1) is 9.95. The zero-order valence-electron chi connectivity index (χ0n) is 10.9. The van der Waals surface area contributed by atoms with Gasteiger partial charge in [-0.3, -0.25) is 4.79 Å². The number of fused-ring (bicyclic) bond motifs is 1. The topological polar surface area (TPSA) is 26.3 Å². The minimum absolute atomic E-state index is 0.0312. The number of ketones is 1. The second-order valence-corrected chi connectivity index (χ2v) is 4.88. The number of hydrogen-bond donors (Lipinski definition) is 0. The average molecular weight is 292 g/mol. The fourth-order valence-electron chi connectivity index (χ4n) is 2.32. The van der Waals surface area contributed by atoms with Gasteiger partial charge in [0.25, 0.3) is 0 Å². The minimum atomic E-state index is -4.46. The summed E-state index contributed by atoms with van der Waals surface area (Å²) in [7, 11) is 0. The summed E-state index contributed by atoms with van der Waals surface area (Å²) in [4.78, 5) is 12.3. The molecule has 0 aromatic heterocycles. The molecule has 0 amide bonds. The van der Waals surface area contributed by atoms with E-state index in [1.165, 1.54) is 12.1 Å². The molecule has 0 unspecified atom stereocenters. The zero-order chi connectivity index (χ0) is 15.0. The van der Waals surface area contributed by atoms with Crippen LogP contribution in [0.25, 0.3) is 0 Å². The van der Waals surface area contributed by atoms with Crippen LogP contribution in [0.5, 0.6) is 0 Å². The number of carbonyl (C=O) groups is 1. The lowest BCUT2D eigenvalue weighted by molar-refractivity contribution is -0.137. The van der Waals surface area contributed by atoms with Crippen molar-refractivity contribution in [3.63, 3.8) is 0 Å². The van der Waals surface area contributed by atoms with E-state index in [9.17, 15) is 18.0 Å². The van der Waals surface area contributed by atoms with Crippen LogP contribution in [-0.4, -0.2) is 5.78 Å². The third-order valence-electron chi connectivity index (χ3n) is 3.44. The highest BCUT2D eigenvalue weighted by Crippen LogP contribution is 2.30. The maximum Gasteiger partial charge on any atom is 0.416 e. The summed E-state index contributed by atoms with van der Waals surface area (Å²) < 4.78 is 43.3. The van der Waals surface area contributed by atoms with E-state index in [2.05, 4.69) is 0 Å². The molecule has 0 atom stereocenters. The van der Waals surface area contributed by atoms with Crippen molar-refractivity contribution >= 4 is 5.78 Å². The molecule has 0 aliphatic carbocycles. The average Bonchev–Trinajstić information content (AvgIpc) is 2.93. The van der Waals surface area contributed by atoms with Crippen molar-refractivity contribution in [1.82, 2.24) is 0 Å². The van der Waals surface area contributed by atoms with Gasteiger partial charge >= 0.3 is 6.18 Å². The van der Waals surface area contributed by atoms with Gasteiger partial charge in [0.1, 0.15) is 0 Å². The number of halogens is 3. The smallest absolute Gasteiger partial charge is 0.372 e. The van der Waals surface area contributed by atoms with Crippen LogP contribution in [0.15, 0.2) is 42.5 Å². The summed E-state index contributed by atoms with van der Waals surface area (Å²) in [6.07, 6.45) is -4.46. The Morgan fingerprint density at radius 1 is 0.952 bits per heavy atom. The van der Waals surface area contributed by atoms with Gasteiger partial charge in [-0.25, -0.2) is 0 Å². The lowest BCUT2D eigenvalue weighted by atomic mass is 9.98. The van der Waals surface area contributed by atoms with E-state index in [1.54, 1.807) is 18.2 Å². The fourth-order valence-corrected chi connectivity index (χ4v) is 2.32. The minimum Gasteiger partial charge on any atom is -0.372 e. The Bertz CT molecular complexity index is 705. The number of hydrogen-bond acceptors (Lipinski definition) is 2. The first-order valence-electron chi connectivity index (χ1n) is 6.36. The predicted molar refractivity (Wildman–Crippen MR) is 69.8 cm³/mol. The predicted octanol–water partition coefficient (Wildman–Crippen LogP) is 3.97. The molecular weight excluding hydrogens is 281 g/mol. The van der Waals surface area contributed by atoms with Crippen molar-refractivity contribution < 1.29 is 22.7 Å². The van der Waals surface area contributed by atoms with Crippen molar-refractivity contribution in [2.24, 2.45) is 0 Å². The number of ether oxygens (including phenoxy) is 1.